The Hall–Kier alpha value is -1.35. The highest BCUT2D eigenvalue weighted by Crippen LogP contribution is 2.12. The number of hydrogen-bond donors (Lipinski definition) is 1. The predicted octanol–water partition coefficient (Wildman–Crippen LogP) is 2.14. The number of benzene rings is 1. The largest absolute Gasteiger partial charge is 0.337 e. The Morgan fingerprint density at radius 2 is 2.21 bits per heavy atom. The molecule has 0 spiro atoms. The van der Waals surface area contributed by atoms with Crippen molar-refractivity contribution in [1.29, 1.82) is 0 Å². The molecule has 1 aliphatic heterocycles. The zero-order valence-corrected chi connectivity index (χ0v) is 12.0. The van der Waals surface area contributed by atoms with Crippen LogP contribution in [-0.2, 0) is 11.2 Å². The van der Waals surface area contributed by atoms with Gasteiger partial charge in [0.05, 0.1) is 6.04 Å². The van der Waals surface area contributed by atoms with E-state index in [9.17, 15) is 4.79 Å². The summed E-state index contributed by atoms with van der Waals surface area (Å²) >= 11 is 0. The average molecular weight is 260 g/mol. The molecule has 1 aliphatic rings. The van der Waals surface area contributed by atoms with Crippen LogP contribution in [0.15, 0.2) is 24.3 Å². The van der Waals surface area contributed by atoms with Gasteiger partial charge in [0.15, 0.2) is 0 Å². The summed E-state index contributed by atoms with van der Waals surface area (Å²) in [6.45, 7) is 7.02. The Kier molecular flexibility index (Phi) is 4.97. The first-order valence-electron chi connectivity index (χ1n) is 7.26. The minimum absolute atomic E-state index is 0.301. The second-order valence-electron chi connectivity index (χ2n) is 5.39. The van der Waals surface area contributed by atoms with Crippen molar-refractivity contribution in [3.05, 3.63) is 35.4 Å². The fourth-order valence-corrected chi connectivity index (χ4v) is 2.51. The summed E-state index contributed by atoms with van der Waals surface area (Å²) in [5.74, 6) is 0.301. The number of carbonyl (C=O) groups excluding carboxylic acids is 1. The van der Waals surface area contributed by atoms with E-state index in [1.807, 2.05) is 0 Å². The van der Waals surface area contributed by atoms with E-state index in [0.29, 0.717) is 18.4 Å². The van der Waals surface area contributed by atoms with Crippen molar-refractivity contribution in [2.45, 2.75) is 39.2 Å². The maximum Gasteiger partial charge on any atom is 0.223 e. The third-order valence-corrected chi connectivity index (χ3v) is 3.70. The van der Waals surface area contributed by atoms with Gasteiger partial charge < -0.3 is 10.2 Å². The molecule has 1 N–H and O–H groups in total. The summed E-state index contributed by atoms with van der Waals surface area (Å²) < 4.78 is 0. The smallest absolute Gasteiger partial charge is 0.223 e. The number of carbonyl (C=O) groups is 1. The van der Waals surface area contributed by atoms with Crippen molar-refractivity contribution in [3.63, 3.8) is 0 Å². The standard InChI is InChI=1S/C16H24N2O/c1-3-9-18(15-11-17-12-15)16(19)8-7-14-6-4-5-13(2)10-14/h4-6,10,15,17H,3,7-9,11-12H2,1-2H3. The molecule has 1 heterocycles. The van der Waals surface area contributed by atoms with E-state index < -0.39 is 0 Å². The maximum absolute atomic E-state index is 12.3. The molecule has 1 aromatic rings. The van der Waals surface area contributed by atoms with Crippen molar-refractivity contribution in [2.24, 2.45) is 0 Å². The second-order valence-corrected chi connectivity index (χ2v) is 5.39. The average Bonchev–Trinajstić information content (AvgIpc) is 2.33. The second kappa shape index (κ2) is 6.71. The fourth-order valence-electron chi connectivity index (χ4n) is 2.51. The zero-order chi connectivity index (χ0) is 13.7. The molecule has 0 radical (unpaired) electrons. The van der Waals surface area contributed by atoms with Gasteiger partial charge in [-0.05, 0) is 25.3 Å². The van der Waals surface area contributed by atoms with E-state index in [-0.39, 0.29) is 0 Å². The minimum Gasteiger partial charge on any atom is -0.337 e. The van der Waals surface area contributed by atoms with Crippen LogP contribution in [0.25, 0.3) is 0 Å². The first-order valence-corrected chi connectivity index (χ1v) is 7.26. The maximum atomic E-state index is 12.3. The van der Waals surface area contributed by atoms with E-state index >= 15 is 0 Å². The summed E-state index contributed by atoms with van der Waals surface area (Å²) in [6, 6.07) is 8.85. The highest BCUT2D eigenvalue weighted by molar-refractivity contribution is 5.77. The Bertz CT molecular complexity index is 427. The summed E-state index contributed by atoms with van der Waals surface area (Å²) in [6.07, 6.45) is 2.51. The van der Waals surface area contributed by atoms with E-state index in [0.717, 1.165) is 32.5 Å². The molecule has 0 aliphatic carbocycles. The van der Waals surface area contributed by atoms with Crippen molar-refractivity contribution < 1.29 is 4.79 Å². The van der Waals surface area contributed by atoms with Crippen LogP contribution in [0.1, 0.15) is 30.9 Å². The van der Waals surface area contributed by atoms with E-state index in [2.05, 4.69) is 48.3 Å². The molecule has 3 nitrogen and oxygen atoms in total. The lowest BCUT2D eigenvalue weighted by molar-refractivity contribution is -0.134. The number of rotatable bonds is 6. The van der Waals surface area contributed by atoms with Gasteiger partial charge in [-0.25, -0.2) is 0 Å². The lowest BCUT2D eigenvalue weighted by Crippen LogP contribution is -2.59. The number of amides is 1. The molecule has 1 aromatic carbocycles. The van der Waals surface area contributed by atoms with Crippen LogP contribution in [0.3, 0.4) is 0 Å². The normalized spacial score (nSPS) is 15.1. The predicted molar refractivity (Wildman–Crippen MR) is 78.2 cm³/mol. The van der Waals surface area contributed by atoms with E-state index in [1.165, 1.54) is 11.1 Å². The SMILES string of the molecule is CCCN(C(=O)CCc1cccc(C)c1)C1CNC1. The molecule has 0 unspecified atom stereocenters. The molecule has 104 valence electrons. The summed E-state index contributed by atoms with van der Waals surface area (Å²) in [5, 5.41) is 3.24. The Labute approximate surface area is 116 Å². The molecule has 1 saturated heterocycles. The Balaban J connectivity index is 1.88. The lowest BCUT2D eigenvalue weighted by atomic mass is 10.0. The number of nitrogens with one attached hydrogen (secondary N) is 1. The van der Waals surface area contributed by atoms with Crippen LogP contribution >= 0.6 is 0 Å². The molecule has 0 bridgehead atoms. The van der Waals surface area contributed by atoms with Gasteiger partial charge in [0.25, 0.3) is 0 Å². The topological polar surface area (TPSA) is 32.3 Å². The van der Waals surface area contributed by atoms with Crippen LogP contribution in [0.5, 0.6) is 0 Å². The van der Waals surface area contributed by atoms with Crippen LogP contribution in [-0.4, -0.2) is 36.5 Å². The minimum atomic E-state index is 0.301. The molecule has 0 saturated carbocycles. The highest BCUT2D eigenvalue weighted by atomic mass is 16.2. The van der Waals surface area contributed by atoms with Crippen LogP contribution in [0.2, 0.25) is 0 Å². The Morgan fingerprint density at radius 3 is 2.79 bits per heavy atom. The fraction of sp³-hybridized carbons (Fsp3) is 0.562. The van der Waals surface area contributed by atoms with Crippen LogP contribution in [0, 0.1) is 6.92 Å². The molecule has 3 heteroatoms. The number of nitrogens with zero attached hydrogens (tertiary/aromatic N) is 1. The van der Waals surface area contributed by atoms with E-state index in [1.54, 1.807) is 0 Å². The quantitative estimate of drug-likeness (QED) is 0.850. The van der Waals surface area contributed by atoms with Crippen molar-refractivity contribution >= 4 is 5.91 Å². The third-order valence-electron chi connectivity index (χ3n) is 3.70. The number of hydrogen-bond acceptors (Lipinski definition) is 2. The van der Waals surface area contributed by atoms with Gasteiger partial charge in [-0.15, -0.1) is 0 Å². The summed E-state index contributed by atoms with van der Waals surface area (Å²) in [7, 11) is 0. The molecule has 0 atom stereocenters. The molecular formula is C16H24N2O. The van der Waals surface area contributed by atoms with Crippen LogP contribution < -0.4 is 5.32 Å². The molecule has 2 rings (SSSR count). The Morgan fingerprint density at radius 1 is 1.42 bits per heavy atom. The van der Waals surface area contributed by atoms with Crippen LogP contribution in [0.4, 0.5) is 0 Å². The van der Waals surface area contributed by atoms with Gasteiger partial charge in [-0.2, -0.15) is 0 Å². The van der Waals surface area contributed by atoms with Crippen molar-refractivity contribution in [3.8, 4) is 0 Å². The van der Waals surface area contributed by atoms with Gasteiger partial charge in [-0.1, -0.05) is 36.8 Å². The monoisotopic (exact) mass is 260 g/mol. The third kappa shape index (κ3) is 3.80. The summed E-state index contributed by atoms with van der Waals surface area (Å²) in [5.41, 5.74) is 2.52. The molecule has 1 fully saturated rings. The molecule has 0 aromatic heterocycles. The number of aryl methyl sites for hydroxylation is 2. The first-order chi connectivity index (χ1) is 9.20. The highest BCUT2D eigenvalue weighted by Gasteiger charge is 2.27. The van der Waals surface area contributed by atoms with Gasteiger partial charge in [0.1, 0.15) is 0 Å². The lowest BCUT2D eigenvalue weighted by Gasteiger charge is -2.38. The summed E-state index contributed by atoms with van der Waals surface area (Å²) in [4.78, 5) is 14.4. The van der Waals surface area contributed by atoms with Gasteiger partial charge in [0, 0.05) is 26.1 Å². The van der Waals surface area contributed by atoms with Crippen molar-refractivity contribution in [1.82, 2.24) is 10.2 Å². The van der Waals surface area contributed by atoms with E-state index in [4.69, 9.17) is 0 Å². The molecule has 1 amide bonds. The first kappa shape index (κ1) is 14.1. The van der Waals surface area contributed by atoms with Gasteiger partial charge >= 0.3 is 0 Å². The molecule has 19 heavy (non-hydrogen) atoms. The zero-order valence-electron chi connectivity index (χ0n) is 12.0. The van der Waals surface area contributed by atoms with Crippen molar-refractivity contribution in [2.75, 3.05) is 19.6 Å². The molecular weight excluding hydrogens is 236 g/mol. The van der Waals surface area contributed by atoms with Gasteiger partial charge in [0.2, 0.25) is 5.91 Å². The van der Waals surface area contributed by atoms with Gasteiger partial charge in [-0.3, -0.25) is 4.79 Å².